The van der Waals surface area contributed by atoms with Gasteiger partial charge in [0.1, 0.15) is 10.6 Å². The predicted molar refractivity (Wildman–Crippen MR) is 111 cm³/mol. The minimum atomic E-state index is -3.00. The highest BCUT2D eigenvalue weighted by molar-refractivity contribution is 8.00. The highest BCUT2D eigenvalue weighted by Crippen LogP contribution is 2.30. The summed E-state index contributed by atoms with van der Waals surface area (Å²) >= 11 is 2.55. The molecule has 1 aromatic carbocycles. The lowest BCUT2D eigenvalue weighted by Gasteiger charge is -2.15. The Morgan fingerprint density at radius 3 is 2.69 bits per heavy atom. The molecule has 0 saturated carbocycles. The third-order valence-corrected chi connectivity index (χ3v) is 6.63. The van der Waals surface area contributed by atoms with Crippen molar-refractivity contribution < 1.29 is 18.3 Å². The molecule has 154 valence electrons. The molecule has 0 aliphatic heterocycles. The van der Waals surface area contributed by atoms with Crippen molar-refractivity contribution in [2.24, 2.45) is 7.05 Å². The Labute approximate surface area is 173 Å². The van der Waals surface area contributed by atoms with Gasteiger partial charge in [-0.3, -0.25) is 14.2 Å². The lowest BCUT2D eigenvalue weighted by molar-refractivity contribution is -0.115. The number of nitrogens with zero attached hydrogens (tertiary/aromatic N) is 2. The lowest BCUT2D eigenvalue weighted by atomic mass is 10.2. The second-order valence-corrected chi connectivity index (χ2v) is 8.86. The van der Waals surface area contributed by atoms with Gasteiger partial charge in [0.05, 0.1) is 16.3 Å². The minimum Gasteiger partial charge on any atom is -0.433 e. The van der Waals surface area contributed by atoms with Gasteiger partial charge in [-0.2, -0.15) is 8.78 Å². The first-order chi connectivity index (χ1) is 13.7. The van der Waals surface area contributed by atoms with Crippen LogP contribution in [0.2, 0.25) is 0 Å². The molecule has 1 atom stereocenters. The monoisotopic (exact) mass is 439 g/mol. The maximum Gasteiger partial charge on any atom is 0.387 e. The van der Waals surface area contributed by atoms with Crippen molar-refractivity contribution in [2.75, 3.05) is 5.32 Å². The fourth-order valence-corrected chi connectivity index (χ4v) is 4.62. The molecule has 0 aliphatic rings. The maximum atomic E-state index is 12.7. The standard InChI is InChI=1S/C19H19F2N3O3S2/c1-9-10(2)28-16-14(9)17(26)24(4)19(23-16)29-11(3)15(25)22-12-7-5-6-8-13(12)27-18(20)21/h5-8,11,18H,1-4H3,(H,22,25). The van der Waals surface area contributed by atoms with Crippen molar-refractivity contribution in [3.63, 3.8) is 0 Å². The number of aryl methyl sites for hydroxylation is 2. The number of para-hydroxylation sites is 2. The number of carbonyl (C=O) groups is 1. The van der Waals surface area contributed by atoms with E-state index in [1.807, 2.05) is 13.8 Å². The topological polar surface area (TPSA) is 73.2 Å². The van der Waals surface area contributed by atoms with Crippen LogP contribution in [0.15, 0.2) is 34.2 Å². The van der Waals surface area contributed by atoms with E-state index in [0.717, 1.165) is 22.2 Å². The van der Waals surface area contributed by atoms with Crippen LogP contribution in [0.4, 0.5) is 14.5 Å². The molecule has 0 spiro atoms. The third-order valence-electron chi connectivity index (χ3n) is 4.38. The van der Waals surface area contributed by atoms with Crippen LogP contribution in [0.25, 0.3) is 10.2 Å². The SMILES string of the molecule is Cc1sc2nc(SC(C)C(=O)Nc3ccccc3OC(F)F)n(C)c(=O)c2c1C. The van der Waals surface area contributed by atoms with Gasteiger partial charge in [-0.15, -0.1) is 11.3 Å². The Bertz CT molecular complexity index is 1130. The number of anilines is 1. The fraction of sp³-hybridized carbons (Fsp3) is 0.316. The maximum absolute atomic E-state index is 12.7. The number of fused-ring (bicyclic) bond motifs is 1. The number of nitrogens with one attached hydrogen (secondary N) is 1. The van der Waals surface area contributed by atoms with Crippen LogP contribution in [0.3, 0.4) is 0 Å². The van der Waals surface area contributed by atoms with Gasteiger partial charge in [-0.05, 0) is 38.5 Å². The van der Waals surface area contributed by atoms with Gasteiger partial charge in [-0.1, -0.05) is 23.9 Å². The number of alkyl halides is 2. The van der Waals surface area contributed by atoms with E-state index in [1.54, 1.807) is 20.0 Å². The number of rotatable bonds is 6. The van der Waals surface area contributed by atoms with Crippen molar-refractivity contribution in [1.29, 1.82) is 0 Å². The Balaban J connectivity index is 1.82. The van der Waals surface area contributed by atoms with E-state index in [9.17, 15) is 18.4 Å². The quantitative estimate of drug-likeness (QED) is 0.457. The number of hydrogen-bond acceptors (Lipinski definition) is 6. The normalized spacial score (nSPS) is 12.4. The van der Waals surface area contributed by atoms with E-state index < -0.39 is 17.8 Å². The van der Waals surface area contributed by atoms with Crippen molar-refractivity contribution >= 4 is 44.9 Å². The second kappa shape index (κ2) is 8.50. The molecule has 0 radical (unpaired) electrons. The van der Waals surface area contributed by atoms with Crippen LogP contribution in [0.1, 0.15) is 17.4 Å². The van der Waals surface area contributed by atoms with Crippen molar-refractivity contribution in [2.45, 2.75) is 37.8 Å². The van der Waals surface area contributed by atoms with Gasteiger partial charge in [0, 0.05) is 11.9 Å². The van der Waals surface area contributed by atoms with E-state index in [0.29, 0.717) is 15.4 Å². The molecule has 0 fully saturated rings. The number of benzene rings is 1. The van der Waals surface area contributed by atoms with Gasteiger partial charge >= 0.3 is 6.61 Å². The zero-order valence-electron chi connectivity index (χ0n) is 16.2. The molecule has 0 aliphatic carbocycles. The summed E-state index contributed by atoms with van der Waals surface area (Å²) < 4.78 is 30.9. The number of ether oxygens (including phenoxy) is 1. The summed E-state index contributed by atoms with van der Waals surface area (Å²) in [6.07, 6.45) is 0. The number of halogens is 2. The molecule has 2 aromatic heterocycles. The van der Waals surface area contributed by atoms with Crippen LogP contribution in [-0.4, -0.2) is 27.3 Å². The van der Waals surface area contributed by atoms with Crippen molar-refractivity contribution in [3.8, 4) is 5.75 Å². The molecule has 1 amide bonds. The number of aromatic nitrogens is 2. The first-order valence-corrected chi connectivity index (χ1v) is 10.4. The second-order valence-electron chi connectivity index (χ2n) is 6.35. The Morgan fingerprint density at radius 2 is 2.00 bits per heavy atom. The van der Waals surface area contributed by atoms with Gasteiger partial charge < -0.3 is 10.1 Å². The van der Waals surface area contributed by atoms with E-state index in [-0.39, 0.29) is 17.0 Å². The summed E-state index contributed by atoms with van der Waals surface area (Å²) in [5, 5.41) is 2.96. The van der Waals surface area contributed by atoms with Gasteiger partial charge in [0.15, 0.2) is 5.16 Å². The lowest BCUT2D eigenvalue weighted by Crippen LogP contribution is -2.25. The largest absolute Gasteiger partial charge is 0.433 e. The van der Waals surface area contributed by atoms with Crippen LogP contribution in [-0.2, 0) is 11.8 Å². The van der Waals surface area contributed by atoms with E-state index in [1.165, 1.54) is 34.1 Å². The summed E-state index contributed by atoms with van der Waals surface area (Å²) in [5.41, 5.74) is 0.894. The van der Waals surface area contributed by atoms with Crippen molar-refractivity contribution in [3.05, 3.63) is 45.1 Å². The summed E-state index contributed by atoms with van der Waals surface area (Å²) in [6.45, 7) is 2.47. The van der Waals surface area contributed by atoms with Crippen molar-refractivity contribution in [1.82, 2.24) is 9.55 Å². The Morgan fingerprint density at radius 1 is 1.31 bits per heavy atom. The highest BCUT2D eigenvalue weighted by Gasteiger charge is 2.21. The third kappa shape index (κ3) is 4.43. The first kappa shape index (κ1) is 21.3. The zero-order valence-corrected chi connectivity index (χ0v) is 17.8. The van der Waals surface area contributed by atoms with Crippen LogP contribution < -0.4 is 15.6 Å². The van der Waals surface area contributed by atoms with Crippen LogP contribution in [0, 0.1) is 13.8 Å². The molecule has 10 heteroatoms. The first-order valence-electron chi connectivity index (χ1n) is 8.67. The van der Waals surface area contributed by atoms with E-state index >= 15 is 0 Å². The Kier molecular flexibility index (Phi) is 6.23. The molecule has 0 bridgehead atoms. The summed E-state index contributed by atoms with van der Waals surface area (Å²) in [5.74, 6) is -0.544. The fourth-order valence-electron chi connectivity index (χ4n) is 2.68. The van der Waals surface area contributed by atoms with Gasteiger partial charge in [0.2, 0.25) is 5.91 Å². The smallest absolute Gasteiger partial charge is 0.387 e. The molecule has 3 rings (SSSR count). The molecule has 1 unspecified atom stereocenters. The summed E-state index contributed by atoms with van der Waals surface area (Å²) in [6, 6.07) is 5.96. The summed E-state index contributed by atoms with van der Waals surface area (Å²) in [7, 11) is 1.61. The molecular formula is C19H19F2N3O3S2. The molecule has 6 nitrogen and oxygen atoms in total. The molecule has 1 N–H and O–H groups in total. The van der Waals surface area contributed by atoms with Gasteiger partial charge in [0.25, 0.3) is 5.56 Å². The highest BCUT2D eigenvalue weighted by atomic mass is 32.2. The predicted octanol–water partition coefficient (Wildman–Crippen LogP) is 4.33. The molecule has 29 heavy (non-hydrogen) atoms. The van der Waals surface area contributed by atoms with Crippen LogP contribution in [0.5, 0.6) is 5.75 Å². The number of thiophene rings is 1. The number of amides is 1. The zero-order chi connectivity index (χ0) is 21.3. The number of hydrogen-bond donors (Lipinski definition) is 1. The average Bonchev–Trinajstić information content (AvgIpc) is 2.94. The Hall–Kier alpha value is -2.46. The average molecular weight is 440 g/mol. The minimum absolute atomic E-state index is 0.121. The molecule has 3 aromatic rings. The van der Waals surface area contributed by atoms with Gasteiger partial charge in [-0.25, -0.2) is 4.98 Å². The molecular weight excluding hydrogens is 420 g/mol. The summed E-state index contributed by atoms with van der Waals surface area (Å²) in [4.78, 5) is 31.5. The van der Waals surface area contributed by atoms with E-state index in [2.05, 4.69) is 15.0 Å². The number of carbonyl (C=O) groups excluding carboxylic acids is 1. The molecule has 2 heterocycles. The van der Waals surface area contributed by atoms with E-state index in [4.69, 9.17) is 0 Å². The molecule has 0 saturated heterocycles. The number of thioether (sulfide) groups is 1. The van der Waals surface area contributed by atoms with Crippen LogP contribution >= 0.6 is 23.1 Å².